The van der Waals surface area contributed by atoms with Gasteiger partial charge in [0.25, 0.3) is 0 Å². The van der Waals surface area contributed by atoms with Crippen molar-refractivity contribution in [1.82, 2.24) is 0 Å². The van der Waals surface area contributed by atoms with Gasteiger partial charge in [0.05, 0.1) is 0 Å². The van der Waals surface area contributed by atoms with Gasteiger partial charge in [-0.15, -0.1) is 0 Å². The molecule has 80 valence electrons. The number of benzene rings is 1. The molecule has 0 radical (unpaired) electrons. The quantitative estimate of drug-likeness (QED) is 0.645. The van der Waals surface area contributed by atoms with E-state index in [1.165, 1.54) is 38.0 Å². The molecule has 0 bridgehead atoms. The van der Waals surface area contributed by atoms with Gasteiger partial charge in [-0.05, 0) is 0 Å². The summed E-state index contributed by atoms with van der Waals surface area (Å²) in [6.07, 6.45) is 4.00. The number of hydrogen-bond acceptors (Lipinski definition) is 3. The second kappa shape index (κ2) is 6.48. The molecule has 0 unspecified atom stereocenters. The van der Waals surface area contributed by atoms with Crippen LogP contribution in [0.25, 0.3) is 0 Å². The van der Waals surface area contributed by atoms with Crippen molar-refractivity contribution in [3.05, 3.63) is 24.3 Å². The van der Waals surface area contributed by atoms with E-state index in [1.54, 1.807) is 0 Å². The van der Waals surface area contributed by atoms with Crippen LogP contribution in [0, 0.1) is 0 Å². The SMILES string of the molecule is [B+2]c1cccc(N2CCCCC2)c1.[OH-].[OH-]. The zero-order valence-electron chi connectivity index (χ0n) is 8.76. The molecular weight excluding hydrogens is 189 g/mol. The fourth-order valence-electron chi connectivity index (χ4n) is 1.87. The monoisotopic (exact) mass is 205 g/mol. The first-order valence-electron chi connectivity index (χ1n) is 4.97. The van der Waals surface area contributed by atoms with E-state index in [2.05, 4.69) is 17.0 Å². The van der Waals surface area contributed by atoms with Crippen molar-refractivity contribution >= 4 is 19.0 Å². The molecule has 4 heteroatoms. The molecule has 1 saturated heterocycles. The Balaban J connectivity index is 0.000000980. The maximum atomic E-state index is 5.74. The summed E-state index contributed by atoms with van der Waals surface area (Å²) in [5.74, 6) is 0. The topological polar surface area (TPSA) is 63.2 Å². The fraction of sp³-hybridized carbons (Fsp3) is 0.455. The molecule has 0 aromatic heterocycles. The van der Waals surface area contributed by atoms with Gasteiger partial charge in [0.1, 0.15) is 0 Å². The molecule has 0 aliphatic carbocycles. The minimum atomic E-state index is 0. The van der Waals surface area contributed by atoms with Gasteiger partial charge in [-0.25, -0.2) is 0 Å². The first kappa shape index (κ1) is 14.0. The predicted octanol–water partition coefficient (Wildman–Crippen LogP) is 1.12. The van der Waals surface area contributed by atoms with Gasteiger partial charge in [0.2, 0.25) is 0 Å². The van der Waals surface area contributed by atoms with Gasteiger partial charge in [0, 0.05) is 0 Å². The summed E-state index contributed by atoms with van der Waals surface area (Å²) >= 11 is 0. The third-order valence-corrected chi connectivity index (χ3v) is 2.59. The van der Waals surface area contributed by atoms with E-state index in [-0.39, 0.29) is 11.0 Å². The number of anilines is 1. The molecule has 1 aromatic rings. The molecule has 1 heterocycles. The molecule has 1 aliphatic rings. The van der Waals surface area contributed by atoms with Crippen LogP contribution in [0.15, 0.2) is 24.3 Å². The summed E-state index contributed by atoms with van der Waals surface area (Å²) in [6.45, 7) is 2.37. The van der Waals surface area contributed by atoms with Gasteiger partial charge in [-0.1, -0.05) is 0 Å². The minimum absolute atomic E-state index is 0. The van der Waals surface area contributed by atoms with E-state index < -0.39 is 0 Å². The summed E-state index contributed by atoms with van der Waals surface area (Å²) in [4.78, 5) is 2.42. The zero-order valence-corrected chi connectivity index (χ0v) is 8.76. The molecule has 0 atom stereocenters. The molecule has 0 spiro atoms. The molecule has 1 fully saturated rings. The van der Waals surface area contributed by atoms with Crippen molar-refractivity contribution in [3.63, 3.8) is 0 Å². The van der Waals surface area contributed by atoms with Gasteiger partial charge in [0.15, 0.2) is 0 Å². The Morgan fingerprint density at radius 1 is 1.00 bits per heavy atom. The fourth-order valence-corrected chi connectivity index (χ4v) is 1.87. The Kier molecular flexibility index (Phi) is 6.05. The van der Waals surface area contributed by atoms with E-state index in [0.717, 1.165) is 5.46 Å². The number of hydrogen-bond donors (Lipinski definition) is 0. The van der Waals surface area contributed by atoms with E-state index >= 15 is 0 Å². The normalized spacial score (nSPS) is 15.2. The van der Waals surface area contributed by atoms with Crippen LogP contribution >= 0.6 is 0 Å². The third-order valence-electron chi connectivity index (χ3n) is 2.59. The molecule has 15 heavy (non-hydrogen) atoms. The van der Waals surface area contributed by atoms with Crippen LogP contribution in [0.1, 0.15) is 19.3 Å². The molecule has 0 amide bonds. The Labute approximate surface area is 92.1 Å². The largest absolute Gasteiger partial charge is 0.870 e. The van der Waals surface area contributed by atoms with E-state index in [0.29, 0.717) is 0 Å². The summed E-state index contributed by atoms with van der Waals surface area (Å²) in [5, 5.41) is 0. The van der Waals surface area contributed by atoms with Crippen molar-refractivity contribution in [2.75, 3.05) is 18.0 Å². The number of piperidine rings is 1. The van der Waals surface area contributed by atoms with Crippen LogP contribution in [0.3, 0.4) is 0 Å². The second-order valence-electron chi connectivity index (χ2n) is 3.64. The van der Waals surface area contributed by atoms with Crippen molar-refractivity contribution < 1.29 is 11.0 Å². The van der Waals surface area contributed by atoms with Crippen LogP contribution < -0.4 is 10.4 Å². The minimum Gasteiger partial charge on any atom is -0.870 e. The predicted molar refractivity (Wildman–Crippen MR) is 61.8 cm³/mol. The van der Waals surface area contributed by atoms with Crippen LogP contribution in [0.4, 0.5) is 5.69 Å². The Morgan fingerprint density at radius 3 is 2.27 bits per heavy atom. The molecule has 1 aromatic carbocycles. The third kappa shape index (κ3) is 3.57. The van der Waals surface area contributed by atoms with Crippen LogP contribution in [0.2, 0.25) is 0 Å². The summed E-state index contributed by atoms with van der Waals surface area (Å²) < 4.78 is 0. The molecule has 2 N–H and O–H groups in total. The first-order valence-corrected chi connectivity index (χ1v) is 4.97. The van der Waals surface area contributed by atoms with E-state index in [9.17, 15) is 0 Å². The molecule has 3 nitrogen and oxygen atoms in total. The molecule has 2 rings (SSSR count). The van der Waals surface area contributed by atoms with Crippen molar-refractivity contribution in [2.45, 2.75) is 19.3 Å². The van der Waals surface area contributed by atoms with Crippen molar-refractivity contribution in [2.24, 2.45) is 0 Å². The summed E-state index contributed by atoms with van der Waals surface area (Å²) in [5.41, 5.74) is 2.14. The first-order chi connectivity index (χ1) is 6.36. The maximum absolute atomic E-state index is 5.74. The van der Waals surface area contributed by atoms with Crippen molar-refractivity contribution in [1.29, 1.82) is 0 Å². The maximum Gasteiger partial charge on any atom is -0.870 e. The Morgan fingerprint density at radius 2 is 1.67 bits per heavy atom. The van der Waals surface area contributed by atoms with Crippen LogP contribution in [-0.2, 0) is 0 Å². The molecule has 0 saturated carbocycles. The Hall–Kier alpha value is -0.995. The van der Waals surface area contributed by atoms with Crippen molar-refractivity contribution in [3.8, 4) is 0 Å². The van der Waals surface area contributed by atoms with Crippen LogP contribution in [0.5, 0.6) is 0 Å². The van der Waals surface area contributed by atoms with Gasteiger partial charge >= 0.3 is 80.5 Å². The van der Waals surface area contributed by atoms with E-state index in [1.807, 2.05) is 12.1 Å². The smallest absolute Gasteiger partial charge is 0.870 e. The second-order valence-corrected chi connectivity index (χ2v) is 3.64. The molecular formula is C11H16BNO2. The zero-order chi connectivity index (χ0) is 9.10. The standard InChI is InChI=1S/C11H14BN.2H2O/c12-10-5-4-6-11(9-10)13-7-2-1-3-8-13;;/h4-6,9H,1-3,7-8H2;2*1H2/q+2;;/p-2. The van der Waals surface area contributed by atoms with Gasteiger partial charge < -0.3 is 11.0 Å². The number of nitrogens with zero attached hydrogens (tertiary/aromatic N) is 1. The van der Waals surface area contributed by atoms with E-state index in [4.69, 9.17) is 7.85 Å². The van der Waals surface area contributed by atoms with Crippen LogP contribution in [-0.4, -0.2) is 31.9 Å². The molecule has 1 aliphatic heterocycles. The average Bonchev–Trinajstić information content (AvgIpc) is 2.19. The summed E-state index contributed by atoms with van der Waals surface area (Å²) in [6, 6.07) is 8.17. The number of rotatable bonds is 1. The van der Waals surface area contributed by atoms with Gasteiger partial charge in [-0.2, -0.15) is 0 Å². The average molecular weight is 205 g/mol. The van der Waals surface area contributed by atoms with Gasteiger partial charge in [-0.3, -0.25) is 0 Å². The summed E-state index contributed by atoms with van der Waals surface area (Å²) in [7, 11) is 5.74. The Bertz CT molecular complexity index is 288.